The largest absolute Gasteiger partial charge is 0.468 e. The number of amides is 1. The summed E-state index contributed by atoms with van der Waals surface area (Å²) < 4.78 is 45.7. The third-order valence-electron chi connectivity index (χ3n) is 6.34. The third-order valence-corrected chi connectivity index (χ3v) is 9.41. The van der Waals surface area contributed by atoms with Crippen molar-refractivity contribution in [2.45, 2.75) is 43.7 Å². The number of esters is 1. The first-order valence-electron chi connectivity index (χ1n) is 11.5. The van der Waals surface area contributed by atoms with E-state index in [-0.39, 0.29) is 29.8 Å². The topological polar surface area (TPSA) is 117 Å². The minimum atomic E-state index is -3.64. The van der Waals surface area contributed by atoms with E-state index in [4.69, 9.17) is 14.2 Å². The third kappa shape index (κ3) is 4.51. The molecule has 0 radical (unpaired) electrons. The fraction of sp³-hybridized carbons (Fsp3) is 0.375. The highest BCUT2D eigenvalue weighted by molar-refractivity contribution is 7.89. The van der Waals surface area contributed by atoms with E-state index in [1.54, 1.807) is 16.7 Å². The van der Waals surface area contributed by atoms with Crippen molar-refractivity contribution < 1.29 is 32.2 Å². The van der Waals surface area contributed by atoms with Gasteiger partial charge in [-0.25, -0.2) is 8.42 Å². The number of piperidine rings is 1. The van der Waals surface area contributed by atoms with Crippen molar-refractivity contribution >= 4 is 43.5 Å². The van der Waals surface area contributed by atoms with Crippen molar-refractivity contribution in [1.82, 2.24) is 8.87 Å². The first-order chi connectivity index (χ1) is 17.3. The number of thiazole rings is 1. The molecule has 36 heavy (non-hydrogen) atoms. The van der Waals surface area contributed by atoms with Gasteiger partial charge in [0.1, 0.15) is 6.54 Å². The zero-order chi connectivity index (χ0) is 25.4. The molecule has 1 atom stereocenters. The molecular formula is C24H25N3O7S2. The summed E-state index contributed by atoms with van der Waals surface area (Å²) in [5, 5.41) is 0. The molecule has 1 aromatic heterocycles. The van der Waals surface area contributed by atoms with Gasteiger partial charge in [0.05, 0.1) is 22.2 Å². The lowest BCUT2D eigenvalue weighted by molar-refractivity contribution is -0.141. The maximum Gasteiger partial charge on any atom is 0.325 e. The molecule has 1 fully saturated rings. The van der Waals surface area contributed by atoms with Gasteiger partial charge in [-0.15, -0.1) is 0 Å². The Bertz CT molecular complexity index is 1510. The first kappa shape index (κ1) is 24.5. The molecule has 5 rings (SSSR count). The van der Waals surface area contributed by atoms with Gasteiger partial charge in [-0.1, -0.05) is 17.8 Å². The van der Waals surface area contributed by atoms with Gasteiger partial charge in [0.25, 0.3) is 5.91 Å². The Hall–Kier alpha value is -3.22. The number of carbonyl (C=O) groups excluding carboxylic acids is 2. The second kappa shape index (κ2) is 9.68. The molecule has 0 spiro atoms. The maximum atomic E-state index is 13.1. The number of aromatic nitrogens is 1. The second-order valence-electron chi connectivity index (χ2n) is 8.62. The average molecular weight is 532 g/mol. The van der Waals surface area contributed by atoms with E-state index in [1.165, 1.54) is 47.0 Å². The lowest BCUT2D eigenvalue weighted by Gasteiger charge is -2.32. The lowest BCUT2D eigenvalue weighted by Crippen LogP contribution is -2.41. The van der Waals surface area contributed by atoms with Crippen LogP contribution in [0.25, 0.3) is 10.2 Å². The predicted molar refractivity (Wildman–Crippen MR) is 131 cm³/mol. The first-order valence-corrected chi connectivity index (χ1v) is 13.7. The zero-order valence-corrected chi connectivity index (χ0v) is 21.4. The van der Waals surface area contributed by atoms with Gasteiger partial charge in [0, 0.05) is 30.3 Å². The van der Waals surface area contributed by atoms with Crippen LogP contribution in [0.3, 0.4) is 0 Å². The fourth-order valence-electron chi connectivity index (χ4n) is 4.38. The van der Waals surface area contributed by atoms with Crippen LogP contribution in [0.5, 0.6) is 11.5 Å². The van der Waals surface area contributed by atoms with Crippen LogP contribution < -0.4 is 14.3 Å². The number of carbonyl (C=O) groups is 2. The molecule has 1 unspecified atom stereocenters. The van der Waals surface area contributed by atoms with Gasteiger partial charge in [0.15, 0.2) is 16.3 Å². The van der Waals surface area contributed by atoms with Crippen molar-refractivity contribution in [2.24, 2.45) is 4.99 Å². The predicted octanol–water partition coefficient (Wildman–Crippen LogP) is 2.91. The van der Waals surface area contributed by atoms with Gasteiger partial charge in [-0.2, -0.15) is 9.30 Å². The molecular weight excluding hydrogens is 506 g/mol. The van der Waals surface area contributed by atoms with E-state index < -0.39 is 21.9 Å². The van der Waals surface area contributed by atoms with Gasteiger partial charge in [-0.05, 0) is 44.0 Å². The molecule has 0 N–H and O–H groups in total. The van der Waals surface area contributed by atoms with Crippen molar-refractivity contribution in [2.75, 3.05) is 20.4 Å². The van der Waals surface area contributed by atoms with E-state index in [0.29, 0.717) is 28.4 Å². The second-order valence-corrected chi connectivity index (χ2v) is 11.5. The van der Waals surface area contributed by atoms with Crippen LogP contribution in [0.2, 0.25) is 0 Å². The highest BCUT2D eigenvalue weighted by Gasteiger charge is 2.31. The summed E-state index contributed by atoms with van der Waals surface area (Å²) in [6.45, 7) is 2.37. The number of methoxy groups -OCH3 is 1. The van der Waals surface area contributed by atoms with E-state index >= 15 is 0 Å². The van der Waals surface area contributed by atoms with Crippen LogP contribution >= 0.6 is 11.3 Å². The van der Waals surface area contributed by atoms with E-state index in [0.717, 1.165) is 24.0 Å². The number of benzene rings is 2. The zero-order valence-electron chi connectivity index (χ0n) is 19.8. The molecule has 190 valence electrons. The minimum absolute atomic E-state index is 0.0598. The highest BCUT2D eigenvalue weighted by Crippen LogP contribution is 2.37. The Morgan fingerprint density at radius 2 is 1.86 bits per heavy atom. The van der Waals surface area contributed by atoms with Crippen LogP contribution in [0.1, 0.15) is 36.5 Å². The van der Waals surface area contributed by atoms with Gasteiger partial charge in [-0.3, -0.25) is 9.59 Å². The van der Waals surface area contributed by atoms with Crippen molar-refractivity contribution in [1.29, 1.82) is 0 Å². The standard InChI is InChI=1S/C24H25N3O7S2/c1-15-5-3-4-10-27(15)36(30,31)17-8-6-16(7-9-17)23(29)25-24-26(13-22(28)32-2)18-11-19-20(34-14-33-19)12-21(18)35-24/h6-9,11-12,15H,3-5,10,13-14H2,1-2H3. The monoisotopic (exact) mass is 531 g/mol. The Labute approximate surface area is 211 Å². The molecule has 1 saturated heterocycles. The Morgan fingerprint density at radius 1 is 1.14 bits per heavy atom. The van der Waals surface area contributed by atoms with Gasteiger partial charge < -0.3 is 18.8 Å². The van der Waals surface area contributed by atoms with Gasteiger partial charge >= 0.3 is 5.97 Å². The number of rotatable bonds is 5. The SMILES string of the molecule is COC(=O)Cn1c(=NC(=O)c2ccc(S(=O)(=O)N3CCCCC3C)cc2)sc2cc3c(cc21)OCO3. The molecule has 0 bridgehead atoms. The number of ether oxygens (including phenoxy) is 3. The van der Waals surface area contributed by atoms with Crippen LogP contribution in [-0.2, 0) is 26.1 Å². The molecule has 3 heterocycles. The molecule has 2 aliphatic heterocycles. The lowest BCUT2D eigenvalue weighted by atomic mass is 10.1. The molecule has 10 nitrogen and oxygen atoms in total. The molecule has 0 saturated carbocycles. The molecule has 2 aromatic carbocycles. The number of fused-ring (bicyclic) bond motifs is 2. The normalized spacial score (nSPS) is 18.5. The van der Waals surface area contributed by atoms with Crippen molar-refractivity contribution in [3.05, 3.63) is 46.8 Å². The van der Waals surface area contributed by atoms with Crippen molar-refractivity contribution in [3.8, 4) is 11.5 Å². The van der Waals surface area contributed by atoms with Crippen LogP contribution in [-0.4, -0.2) is 55.7 Å². The molecule has 0 aliphatic carbocycles. The summed E-state index contributed by atoms with van der Waals surface area (Å²) >= 11 is 1.22. The Kier molecular flexibility index (Phi) is 6.58. The summed E-state index contributed by atoms with van der Waals surface area (Å²) in [6.07, 6.45) is 2.68. The average Bonchev–Trinajstić information content (AvgIpc) is 3.46. The van der Waals surface area contributed by atoms with Crippen LogP contribution in [0.15, 0.2) is 46.3 Å². The van der Waals surface area contributed by atoms with E-state index in [9.17, 15) is 18.0 Å². The fourth-order valence-corrected chi connectivity index (χ4v) is 7.11. The highest BCUT2D eigenvalue weighted by atomic mass is 32.2. The Balaban J connectivity index is 1.48. The summed E-state index contributed by atoms with van der Waals surface area (Å²) in [5.41, 5.74) is 0.884. The number of hydrogen-bond acceptors (Lipinski definition) is 8. The quantitative estimate of drug-likeness (QED) is 0.465. The summed E-state index contributed by atoms with van der Waals surface area (Å²) in [4.78, 5) is 29.8. The molecule has 2 aliphatic rings. The van der Waals surface area contributed by atoms with E-state index in [2.05, 4.69) is 4.99 Å². The Morgan fingerprint density at radius 3 is 2.56 bits per heavy atom. The molecule has 3 aromatic rings. The minimum Gasteiger partial charge on any atom is -0.468 e. The molecule has 1 amide bonds. The van der Waals surface area contributed by atoms with Crippen molar-refractivity contribution in [3.63, 3.8) is 0 Å². The number of sulfonamides is 1. The number of nitrogens with zero attached hydrogens (tertiary/aromatic N) is 3. The summed E-state index contributed by atoms with van der Waals surface area (Å²) in [7, 11) is -2.36. The van der Waals surface area contributed by atoms with Gasteiger partial charge in [0.2, 0.25) is 16.8 Å². The van der Waals surface area contributed by atoms with E-state index in [1.807, 2.05) is 6.92 Å². The number of hydrogen-bond donors (Lipinski definition) is 0. The van der Waals surface area contributed by atoms with Crippen LogP contribution in [0.4, 0.5) is 0 Å². The summed E-state index contributed by atoms with van der Waals surface area (Å²) in [6, 6.07) is 9.25. The smallest absolute Gasteiger partial charge is 0.325 e. The maximum absolute atomic E-state index is 13.1. The van der Waals surface area contributed by atoms with Crippen LogP contribution in [0, 0.1) is 0 Å². The molecule has 12 heteroatoms. The summed E-state index contributed by atoms with van der Waals surface area (Å²) in [5.74, 6) is 0.0570.